The van der Waals surface area contributed by atoms with Gasteiger partial charge in [-0.3, -0.25) is 37.3 Å². The van der Waals surface area contributed by atoms with Crippen molar-refractivity contribution in [3.05, 3.63) is 0 Å². The van der Waals surface area contributed by atoms with Crippen LogP contribution in [-0.2, 0) is 65.4 Å². The summed E-state index contributed by atoms with van der Waals surface area (Å²) in [5.74, 6) is 0.952. The first-order valence-electron chi connectivity index (χ1n) is 39.2. The summed E-state index contributed by atoms with van der Waals surface area (Å²) < 4.78 is 68.5. The van der Waals surface area contributed by atoms with Gasteiger partial charge in [0.25, 0.3) is 0 Å². The maximum absolute atomic E-state index is 13.1. The molecule has 19 heteroatoms. The maximum Gasteiger partial charge on any atom is 0.472 e. The van der Waals surface area contributed by atoms with Crippen LogP contribution < -0.4 is 0 Å². The van der Waals surface area contributed by atoms with Gasteiger partial charge in [-0.1, -0.05) is 331 Å². The van der Waals surface area contributed by atoms with E-state index >= 15 is 0 Å². The van der Waals surface area contributed by atoms with Crippen LogP contribution in [0.25, 0.3) is 0 Å². The lowest BCUT2D eigenvalue weighted by atomic mass is 9.99. The molecule has 95 heavy (non-hydrogen) atoms. The topological polar surface area (TPSA) is 237 Å². The van der Waals surface area contributed by atoms with Crippen molar-refractivity contribution in [1.82, 2.24) is 0 Å². The molecule has 0 aromatic carbocycles. The Bertz CT molecular complexity index is 1870. The first kappa shape index (κ1) is 93.1. The van der Waals surface area contributed by atoms with E-state index in [1.807, 2.05) is 0 Å². The summed E-state index contributed by atoms with van der Waals surface area (Å²) in [4.78, 5) is 72.8. The van der Waals surface area contributed by atoms with Crippen molar-refractivity contribution in [2.75, 3.05) is 39.6 Å². The van der Waals surface area contributed by atoms with Gasteiger partial charge in [-0.25, -0.2) is 9.13 Å². The number of phosphoric acid groups is 2. The van der Waals surface area contributed by atoms with Crippen molar-refractivity contribution in [3.63, 3.8) is 0 Å². The lowest BCUT2D eigenvalue weighted by Gasteiger charge is -2.21. The monoisotopic (exact) mass is 1400 g/mol. The van der Waals surface area contributed by atoms with Crippen LogP contribution in [0.5, 0.6) is 0 Å². The van der Waals surface area contributed by atoms with Gasteiger partial charge >= 0.3 is 39.5 Å². The molecule has 0 saturated carbocycles. The fourth-order valence-corrected chi connectivity index (χ4v) is 13.1. The van der Waals surface area contributed by atoms with Crippen LogP contribution in [0.4, 0.5) is 0 Å². The van der Waals surface area contributed by atoms with Crippen molar-refractivity contribution in [2.24, 2.45) is 23.7 Å². The normalized spacial score (nSPS) is 14.4. The van der Waals surface area contributed by atoms with E-state index in [1.165, 1.54) is 186 Å². The van der Waals surface area contributed by atoms with Crippen molar-refractivity contribution < 1.29 is 80.2 Å². The molecule has 0 saturated heterocycles. The van der Waals surface area contributed by atoms with Crippen molar-refractivity contribution in [3.8, 4) is 0 Å². The fourth-order valence-electron chi connectivity index (χ4n) is 11.5. The number of aliphatic hydroxyl groups is 1. The zero-order valence-corrected chi connectivity index (χ0v) is 64.1. The molecule has 0 aromatic rings. The van der Waals surface area contributed by atoms with Crippen LogP contribution >= 0.6 is 15.6 Å². The standard InChI is InChI=1S/C76H148O17P2/c1-9-69(8)55-47-39-31-25-27-35-43-51-59-76(81)93-72(63-87-74(79)57-49-41-33-26-24-30-38-46-54-68(6)7)65-91-95(84,85)89-61-70(77)60-88-94(82,83)90-64-71(92-75(80)58-50-42-34-23-19-15-11-13-17-21-29-37-45-53-67(4)5)62-86-73(78)56-48-40-32-22-18-14-10-12-16-20-28-36-44-52-66(2)3/h66-72,77H,9-65H2,1-8H3,(H,82,83)(H,84,85)/t69?,70?,71-,72-/m1/s1. The van der Waals surface area contributed by atoms with E-state index < -0.39 is 97.5 Å². The minimum absolute atomic E-state index is 0.104. The Hall–Kier alpha value is -1.94. The number of aliphatic hydroxyl groups excluding tert-OH is 1. The van der Waals surface area contributed by atoms with E-state index in [0.29, 0.717) is 25.7 Å². The van der Waals surface area contributed by atoms with Crippen molar-refractivity contribution in [1.29, 1.82) is 0 Å². The van der Waals surface area contributed by atoms with Crippen LogP contribution in [0.3, 0.4) is 0 Å². The molecule has 0 amide bonds. The third-order valence-corrected chi connectivity index (χ3v) is 19.8. The van der Waals surface area contributed by atoms with E-state index in [1.54, 1.807) is 0 Å². The number of rotatable bonds is 73. The van der Waals surface area contributed by atoms with Gasteiger partial charge in [0.05, 0.1) is 26.4 Å². The first-order valence-corrected chi connectivity index (χ1v) is 42.2. The summed E-state index contributed by atoms with van der Waals surface area (Å²) in [5, 5.41) is 10.6. The van der Waals surface area contributed by atoms with E-state index in [-0.39, 0.29) is 25.7 Å². The highest BCUT2D eigenvalue weighted by Gasteiger charge is 2.30. The van der Waals surface area contributed by atoms with Crippen molar-refractivity contribution >= 4 is 39.5 Å². The molecule has 0 bridgehead atoms. The van der Waals surface area contributed by atoms with Crippen LogP contribution in [-0.4, -0.2) is 96.7 Å². The lowest BCUT2D eigenvalue weighted by molar-refractivity contribution is -0.161. The number of hydrogen-bond acceptors (Lipinski definition) is 15. The summed E-state index contributed by atoms with van der Waals surface area (Å²) >= 11 is 0. The van der Waals surface area contributed by atoms with Crippen LogP contribution in [0, 0.1) is 23.7 Å². The second kappa shape index (κ2) is 65.4. The Labute approximate surface area is 581 Å². The number of phosphoric ester groups is 2. The number of hydrogen-bond donors (Lipinski definition) is 3. The molecule has 0 aromatic heterocycles. The van der Waals surface area contributed by atoms with Crippen molar-refractivity contribution in [2.45, 2.75) is 401 Å². The number of unbranched alkanes of at least 4 members (excludes halogenated alkanes) is 38. The second-order valence-electron chi connectivity index (χ2n) is 29.1. The molecule has 0 aliphatic rings. The third-order valence-electron chi connectivity index (χ3n) is 17.9. The molecule has 0 spiro atoms. The van der Waals surface area contributed by atoms with E-state index in [4.69, 9.17) is 37.0 Å². The predicted octanol–water partition coefficient (Wildman–Crippen LogP) is 22.0. The Morgan fingerprint density at radius 3 is 0.747 bits per heavy atom. The van der Waals surface area contributed by atoms with Gasteiger partial charge in [0, 0.05) is 25.7 Å². The highest BCUT2D eigenvalue weighted by Crippen LogP contribution is 2.45. The number of carbonyl (C=O) groups is 4. The van der Waals surface area contributed by atoms with Gasteiger partial charge in [-0.2, -0.15) is 0 Å². The van der Waals surface area contributed by atoms with E-state index in [0.717, 1.165) is 114 Å². The van der Waals surface area contributed by atoms with Gasteiger partial charge in [-0.15, -0.1) is 0 Å². The van der Waals surface area contributed by atoms with Crippen LogP contribution in [0.2, 0.25) is 0 Å². The van der Waals surface area contributed by atoms with Crippen LogP contribution in [0.15, 0.2) is 0 Å². The highest BCUT2D eigenvalue weighted by molar-refractivity contribution is 7.47. The smallest absolute Gasteiger partial charge is 0.462 e. The Balaban J connectivity index is 5.26. The Morgan fingerprint density at radius 1 is 0.295 bits per heavy atom. The number of ether oxygens (including phenoxy) is 4. The molecule has 0 rings (SSSR count). The quantitative estimate of drug-likeness (QED) is 0.0222. The molecular formula is C76H148O17P2. The summed E-state index contributed by atoms with van der Waals surface area (Å²) in [7, 11) is -9.91. The molecule has 4 unspecified atom stereocenters. The molecule has 17 nitrogen and oxygen atoms in total. The minimum atomic E-state index is -4.96. The molecule has 3 N–H and O–H groups in total. The molecule has 6 atom stereocenters. The highest BCUT2D eigenvalue weighted by atomic mass is 31.2. The fraction of sp³-hybridized carbons (Fsp3) is 0.947. The second-order valence-corrected chi connectivity index (χ2v) is 32.0. The van der Waals surface area contributed by atoms with E-state index in [2.05, 4.69) is 55.4 Å². The molecule has 0 heterocycles. The molecule has 0 fully saturated rings. The molecular weight excluding hydrogens is 1250 g/mol. The largest absolute Gasteiger partial charge is 0.472 e. The Morgan fingerprint density at radius 2 is 0.505 bits per heavy atom. The zero-order chi connectivity index (χ0) is 70.3. The summed E-state index contributed by atoms with van der Waals surface area (Å²) in [5.41, 5.74) is 0. The predicted molar refractivity (Wildman–Crippen MR) is 386 cm³/mol. The molecule has 564 valence electrons. The molecule has 0 aliphatic carbocycles. The molecule has 0 radical (unpaired) electrons. The number of esters is 4. The molecule has 0 aliphatic heterocycles. The van der Waals surface area contributed by atoms with E-state index in [9.17, 15) is 43.2 Å². The number of carbonyl (C=O) groups excluding carboxylic acids is 4. The average Bonchev–Trinajstić information content (AvgIpc) is 2.88. The SMILES string of the molecule is CCC(C)CCCCCCCCCCC(=O)O[C@H](COC(=O)CCCCCCCCCCC(C)C)COP(=O)(O)OCC(O)COP(=O)(O)OC[C@@H](COC(=O)CCCCCCCCCCCCCCCC(C)C)OC(=O)CCCCCCCCCCCCCCCC(C)C. The Kier molecular flexibility index (Phi) is 64.0. The summed E-state index contributed by atoms with van der Waals surface area (Å²) in [6.07, 6.45) is 49.9. The van der Waals surface area contributed by atoms with Gasteiger partial charge < -0.3 is 33.8 Å². The third kappa shape index (κ3) is 69.0. The first-order chi connectivity index (χ1) is 45.6. The van der Waals surface area contributed by atoms with Gasteiger partial charge in [0.2, 0.25) is 0 Å². The zero-order valence-electron chi connectivity index (χ0n) is 62.3. The minimum Gasteiger partial charge on any atom is -0.462 e. The van der Waals surface area contributed by atoms with Crippen LogP contribution in [0.1, 0.15) is 383 Å². The summed E-state index contributed by atoms with van der Waals surface area (Å²) in [6.45, 7) is 14.2. The van der Waals surface area contributed by atoms with Gasteiger partial charge in [0.1, 0.15) is 19.3 Å². The lowest BCUT2D eigenvalue weighted by Crippen LogP contribution is -2.30. The van der Waals surface area contributed by atoms with Gasteiger partial charge in [0.15, 0.2) is 12.2 Å². The maximum atomic E-state index is 13.1. The van der Waals surface area contributed by atoms with Gasteiger partial charge in [-0.05, 0) is 49.4 Å². The summed E-state index contributed by atoms with van der Waals surface area (Å²) in [6, 6.07) is 0. The average molecular weight is 1400 g/mol.